The molecule has 0 fully saturated rings. The first-order valence-corrected chi connectivity index (χ1v) is 9.12. The Morgan fingerprint density at radius 1 is 1.19 bits per heavy atom. The minimum atomic E-state index is -0.202. The van der Waals surface area contributed by atoms with Gasteiger partial charge in [0.15, 0.2) is 0 Å². The van der Waals surface area contributed by atoms with Gasteiger partial charge in [0.1, 0.15) is 0 Å². The SMILES string of the molecule is Cc1cc(C)nc(-n2nc(C)c(CC(=O)OCC3CC=CCC3)c2C)n1. The Hall–Kier alpha value is -2.50. The molecule has 1 unspecified atom stereocenters. The number of hydrogen-bond donors (Lipinski definition) is 0. The monoisotopic (exact) mass is 354 g/mol. The van der Waals surface area contributed by atoms with Crippen LogP contribution in [0.4, 0.5) is 0 Å². The first-order valence-electron chi connectivity index (χ1n) is 9.12. The molecule has 0 N–H and O–H groups in total. The summed E-state index contributed by atoms with van der Waals surface area (Å²) in [6, 6.07) is 1.92. The fourth-order valence-corrected chi connectivity index (χ4v) is 3.34. The molecule has 3 rings (SSSR count). The van der Waals surface area contributed by atoms with Crippen LogP contribution in [-0.4, -0.2) is 32.3 Å². The Morgan fingerprint density at radius 3 is 2.58 bits per heavy atom. The van der Waals surface area contributed by atoms with E-state index in [4.69, 9.17) is 4.74 Å². The van der Waals surface area contributed by atoms with Crippen LogP contribution < -0.4 is 0 Å². The van der Waals surface area contributed by atoms with Gasteiger partial charge < -0.3 is 4.74 Å². The maximum Gasteiger partial charge on any atom is 0.310 e. The highest BCUT2D eigenvalue weighted by atomic mass is 16.5. The maximum absolute atomic E-state index is 12.3. The summed E-state index contributed by atoms with van der Waals surface area (Å²) in [6.07, 6.45) is 7.74. The van der Waals surface area contributed by atoms with Crippen LogP contribution in [0.1, 0.15) is 47.6 Å². The molecule has 0 saturated carbocycles. The van der Waals surface area contributed by atoms with Gasteiger partial charge in [0.2, 0.25) is 0 Å². The minimum Gasteiger partial charge on any atom is -0.465 e. The van der Waals surface area contributed by atoms with Gasteiger partial charge in [0, 0.05) is 22.6 Å². The fourth-order valence-electron chi connectivity index (χ4n) is 3.34. The van der Waals surface area contributed by atoms with Crippen molar-refractivity contribution in [1.82, 2.24) is 19.7 Å². The summed E-state index contributed by atoms with van der Waals surface area (Å²) < 4.78 is 7.22. The van der Waals surface area contributed by atoms with E-state index in [1.165, 1.54) is 0 Å². The summed E-state index contributed by atoms with van der Waals surface area (Å²) in [6.45, 7) is 8.21. The lowest BCUT2D eigenvalue weighted by Gasteiger charge is -2.17. The van der Waals surface area contributed by atoms with E-state index in [9.17, 15) is 4.79 Å². The van der Waals surface area contributed by atoms with Crippen molar-refractivity contribution in [3.05, 3.63) is 46.6 Å². The number of aromatic nitrogens is 4. The molecule has 6 nitrogen and oxygen atoms in total. The molecular formula is C20H26N4O2. The maximum atomic E-state index is 12.3. The Bertz CT molecular complexity index is 818. The molecule has 2 aromatic rings. The molecule has 138 valence electrons. The number of nitrogens with zero attached hydrogens (tertiary/aromatic N) is 4. The highest BCUT2D eigenvalue weighted by Gasteiger charge is 2.19. The second-order valence-corrected chi connectivity index (χ2v) is 7.02. The van der Waals surface area contributed by atoms with Gasteiger partial charge >= 0.3 is 5.97 Å². The lowest BCUT2D eigenvalue weighted by molar-refractivity contribution is -0.144. The van der Waals surface area contributed by atoms with E-state index in [-0.39, 0.29) is 12.4 Å². The molecule has 6 heteroatoms. The molecule has 1 aliphatic rings. The summed E-state index contributed by atoms with van der Waals surface area (Å²) >= 11 is 0. The van der Waals surface area contributed by atoms with E-state index in [0.29, 0.717) is 18.5 Å². The standard InChI is InChI=1S/C20H26N4O2/c1-13-10-14(2)22-20(21-13)24-16(4)18(15(3)23-24)11-19(25)26-12-17-8-6-5-7-9-17/h5-6,10,17H,7-9,11-12H2,1-4H3. The van der Waals surface area contributed by atoms with E-state index < -0.39 is 0 Å². The summed E-state index contributed by atoms with van der Waals surface area (Å²) in [5.74, 6) is 0.779. The quantitative estimate of drug-likeness (QED) is 0.608. The van der Waals surface area contributed by atoms with Crippen LogP contribution in [0.3, 0.4) is 0 Å². The highest BCUT2D eigenvalue weighted by Crippen LogP contribution is 2.20. The summed E-state index contributed by atoms with van der Waals surface area (Å²) in [5.41, 5.74) is 4.36. The lowest BCUT2D eigenvalue weighted by atomic mass is 9.95. The third kappa shape index (κ3) is 4.18. The second-order valence-electron chi connectivity index (χ2n) is 7.02. The zero-order chi connectivity index (χ0) is 18.7. The first-order chi connectivity index (χ1) is 12.4. The number of rotatable bonds is 5. The van der Waals surface area contributed by atoms with Crippen molar-refractivity contribution >= 4 is 5.97 Å². The number of allylic oxidation sites excluding steroid dienone is 2. The van der Waals surface area contributed by atoms with Crippen molar-refractivity contribution in [2.75, 3.05) is 6.61 Å². The topological polar surface area (TPSA) is 69.9 Å². The lowest BCUT2D eigenvalue weighted by Crippen LogP contribution is -2.17. The van der Waals surface area contributed by atoms with Crippen molar-refractivity contribution in [1.29, 1.82) is 0 Å². The normalized spacial score (nSPS) is 16.7. The fraction of sp³-hybridized carbons (Fsp3) is 0.500. The zero-order valence-electron chi connectivity index (χ0n) is 16.0. The molecule has 0 aliphatic heterocycles. The molecule has 0 bridgehead atoms. The van der Waals surface area contributed by atoms with Crippen LogP contribution in [0.25, 0.3) is 5.95 Å². The number of hydrogen-bond acceptors (Lipinski definition) is 5. The Morgan fingerprint density at radius 2 is 1.92 bits per heavy atom. The van der Waals surface area contributed by atoms with Gasteiger partial charge in [-0.25, -0.2) is 14.6 Å². The highest BCUT2D eigenvalue weighted by molar-refractivity contribution is 5.73. The average molecular weight is 354 g/mol. The first kappa shape index (κ1) is 18.3. The van der Waals surface area contributed by atoms with Crippen molar-refractivity contribution in [2.24, 2.45) is 5.92 Å². The van der Waals surface area contributed by atoms with Gasteiger partial charge in [-0.1, -0.05) is 12.2 Å². The van der Waals surface area contributed by atoms with Gasteiger partial charge in [-0.05, 0) is 58.9 Å². The third-order valence-corrected chi connectivity index (χ3v) is 4.78. The van der Waals surface area contributed by atoms with Gasteiger partial charge in [0.25, 0.3) is 5.95 Å². The zero-order valence-corrected chi connectivity index (χ0v) is 16.0. The Kier molecular flexibility index (Phi) is 5.49. The van der Waals surface area contributed by atoms with Gasteiger partial charge in [-0.15, -0.1) is 0 Å². The molecule has 1 aliphatic carbocycles. The summed E-state index contributed by atoms with van der Waals surface area (Å²) in [4.78, 5) is 21.2. The van der Waals surface area contributed by atoms with Crippen LogP contribution >= 0.6 is 0 Å². The van der Waals surface area contributed by atoms with E-state index in [0.717, 1.165) is 47.6 Å². The number of carbonyl (C=O) groups is 1. The van der Waals surface area contributed by atoms with Crippen LogP contribution in [-0.2, 0) is 16.0 Å². The molecule has 0 saturated heterocycles. The second kappa shape index (κ2) is 7.81. The predicted octanol–water partition coefficient (Wildman–Crippen LogP) is 3.34. The Labute approximate surface area is 154 Å². The van der Waals surface area contributed by atoms with Crippen molar-refractivity contribution < 1.29 is 9.53 Å². The molecule has 2 aromatic heterocycles. The average Bonchev–Trinajstić information content (AvgIpc) is 2.88. The van der Waals surface area contributed by atoms with Crippen LogP contribution in [0.15, 0.2) is 18.2 Å². The largest absolute Gasteiger partial charge is 0.465 e. The number of aryl methyl sites for hydroxylation is 3. The molecule has 2 heterocycles. The van der Waals surface area contributed by atoms with Crippen LogP contribution in [0, 0.1) is 33.6 Å². The molecule has 0 radical (unpaired) electrons. The molecule has 0 aromatic carbocycles. The van der Waals surface area contributed by atoms with Crippen molar-refractivity contribution in [3.8, 4) is 5.95 Å². The minimum absolute atomic E-state index is 0.202. The smallest absolute Gasteiger partial charge is 0.310 e. The third-order valence-electron chi connectivity index (χ3n) is 4.78. The predicted molar refractivity (Wildman–Crippen MR) is 99.2 cm³/mol. The van der Waals surface area contributed by atoms with Crippen LogP contribution in [0.5, 0.6) is 0 Å². The number of esters is 1. The molecule has 26 heavy (non-hydrogen) atoms. The molecule has 0 spiro atoms. The number of ether oxygens (including phenoxy) is 1. The van der Waals surface area contributed by atoms with Gasteiger partial charge in [-0.2, -0.15) is 5.10 Å². The van der Waals surface area contributed by atoms with Crippen LogP contribution in [0.2, 0.25) is 0 Å². The summed E-state index contributed by atoms with van der Waals surface area (Å²) in [5, 5.41) is 4.54. The van der Waals surface area contributed by atoms with E-state index in [1.54, 1.807) is 4.68 Å². The van der Waals surface area contributed by atoms with E-state index in [2.05, 4.69) is 27.2 Å². The summed E-state index contributed by atoms with van der Waals surface area (Å²) in [7, 11) is 0. The van der Waals surface area contributed by atoms with Crippen molar-refractivity contribution in [2.45, 2.75) is 53.4 Å². The van der Waals surface area contributed by atoms with E-state index in [1.807, 2.05) is 33.8 Å². The molecular weight excluding hydrogens is 328 g/mol. The number of carbonyl (C=O) groups excluding carboxylic acids is 1. The molecule has 1 atom stereocenters. The van der Waals surface area contributed by atoms with E-state index >= 15 is 0 Å². The van der Waals surface area contributed by atoms with Gasteiger partial charge in [-0.3, -0.25) is 4.79 Å². The van der Waals surface area contributed by atoms with Gasteiger partial charge in [0.05, 0.1) is 18.7 Å². The Balaban J connectivity index is 1.71. The molecule has 0 amide bonds. The van der Waals surface area contributed by atoms with Crippen molar-refractivity contribution in [3.63, 3.8) is 0 Å².